The molecule has 0 saturated heterocycles. The van der Waals surface area contributed by atoms with Crippen LogP contribution in [0.2, 0.25) is 18.1 Å². The first-order valence-electron chi connectivity index (χ1n) is 13.6. The SMILES string of the molecule is COc1ccc(C[C@H](NC(=O)OC(C)(C)C)[C@H](C[C@@H](Cc2ccccc2)C(=O)O)O[Si](C)(C)C(C)(C)C)cc1. The zero-order valence-electron chi connectivity index (χ0n) is 25.0. The van der Waals surface area contributed by atoms with Gasteiger partial charge in [-0.2, -0.15) is 0 Å². The average Bonchev–Trinajstić information content (AvgIpc) is 2.81. The summed E-state index contributed by atoms with van der Waals surface area (Å²) in [5.74, 6) is -0.845. The zero-order chi connectivity index (χ0) is 29.4. The van der Waals surface area contributed by atoms with Gasteiger partial charge < -0.3 is 24.3 Å². The summed E-state index contributed by atoms with van der Waals surface area (Å²) in [4.78, 5) is 25.5. The van der Waals surface area contributed by atoms with Crippen molar-refractivity contribution >= 4 is 20.4 Å². The molecule has 0 spiro atoms. The lowest BCUT2D eigenvalue weighted by Gasteiger charge is -2.42. The van der Waals surface area contributed by atoms with Gasteiger partial charge in [0.05, 0.1) is 25.2 Å². The van der Waals surface area contributed by atoms with E-state index in [0.717, 1.165) is 16.9 Å². The van der Waals surface area contributed by atoms with Crippen LogP contribution in [0.5, 0.6) is 5.75 Å². The van der Waals surface area contributed by atoms with Gasteiger partial charge in [0.2, 0.25) is 0 Å². The van der Waals surface area contributed by atoms with Gasteiger partial charge in [0.25, 0.3) is 0 Å². The van der Waals surface area contributed by atoms with E-state index in [1.165, 1.54) is 0 Å². The van der Waals surface area contributed by atoms with Crippen LogP contribution in [-0.4, -0.2) is 50.3 Å². The lowest BCUT2D eigenvalue weighted by molar-refractivity contribution is -0.142. The standard InChI is InChI=1S/C31H47NO6Si/c1-30(2,3)37-29(35)32-26(20-23-15-17-25(36-7)18-16-23)27(38-39(8,9)31(4,5)6)21-24(28(33)34)19-22-13-11-10-12-14-22/h10-18,24,26-27H,19-21H2,1-9H3,(H,32,35)(H,33,34)/t24-,26+,27+/m1/s1. The molecule has 39 heavy (non-hydrogen) atoms. The van der Waals surface area contributed by atoms with Crippen LogP contribution < -0.4 is 10.1 Å². The topological polar surface area (TPSA) is 94.1 Å². The Kier molecular flexibility index (Phi) is 11.2. The Morgan fingerprint density at radius 2 is 1.46 bits per heavy atom. The Hall–Kier alpha value is -2.84. The maximum absolute atomic E-state index is 13.0. The van der Waals surface area contributed by atoms with Gasteiger partial charge in [-0.1, -0.05) is 63.2 Å². The van der Waals surface area contributed by atoms with Crippen molar-refractivity contribution < 1.29 is 28.6 Å². The van der Waals surface area contributed by atoms with Gasteiger partial charge >= 0.3 is 12.1 Å². The minimum atomic E-state index is -2.36. The molecule has 7 nitrogen and oxygen atoms in total. The molecule has 0 heterocycles. The number of carboxylic acid groups (broad SMARTS) is 1. The molecular weight excluding hydrogens is 510 g/mol. The van der Waals surface area contributed by atoms with E-state index >= 15 is 0 Å². The molecule has 0 aliphatic carbocycles. The summed E-state index contributed by atoms with van der Waals surface area (Å²) in [6, 6.07) is 16.7. The van der Waals surface area contributed by atoms with E-state index in [2.05, 4.69) is 39.2 Å². The van der Waals surface area contributed by atoms with Gasteiger partial charge in [-0.3, -0.25) is 4.79 Å². The van der Waals surface area contributed by atoms with Crippen LogP contribution in [0.4, 0.5) is 4.79 Å². The smallest absolute Gasteiger partial charge is 0.407 e. The van der Waals surface area contributed by atoms with Gasteiger partial charge in [0.1, 0.15) is 11.4 Å². The molecular formula is C31H47NO6Si. The van der Waals surface area contributed by atoms with Crippen LogP contribution in [0.15, 0.2) is 54.6 Å². The van der Waals surface area contributed by atoms with Crippen LogP contribution in [0.3, 0.4) is 0 Å². The number of carbonyl (C=O) groups is 2. The molecule has 1 amide bonds. The fraction of sp³-hybridized carbons (Fsp3) is 0.548. The second kappa shape index (κ2) is 13.5. The van der Waals surface area contributed by atoms with Crippen LogP contribution in [0.1, 0.15) is 59.1 Å². The molecule has 0 aliphatic rings. The molecule has 216 valence electrons. The molecule has 0 aromatic heterocycles. The third kappa shape index (κ3) is 10.7. The quantitative estimate of drug-likeness (QED) is 0.277. The predicted molar refractivity (Wildman–Crippen MR) is 158 cm³/mol. The van der Waals surface area contributed by atoms with Gasteiger partial charge in [-0.15, -0.1) is 0 Å². The summed E-state index contributed by atoms with van der Waals surface area (Å²) in [5.41, 5.74) is 1.24. The number of hydrogen-bond donors (Lipinski definition) is 2. The minimum Gasteiger partial charge on any atom is -0.497 e. The number of hydrogen-bond acceptors (Lipinski definition) is 5. The van der Waals surface area contributed by atoms with E-state index in [0.29, 0.717) is 12.8 Å². The Balaban J connectivity index is 2.49. The molecule has 0 fully saturated rings. The molecule has 3 atom stereocenters. The fourth-order valence-corrected chi connectivity index (χ4v) is 5.42. The van der Waals surface area contributed by atoms with Crippen molar-refractivity contribution in [3.63, 3.8) is 0 Å². The van der Waals surface area contributed by atoms with Crippen LogP contribution in [-0.2, 0) is 26.8 Å². The van der Waals surface area contributed by atoms with Crippen molar-refractivity contribution in [3.05, 3.63) is 65.7 Å². The highest BCUT2D eigenvalue weighted by atomic mass is 28.4. The van der Waals surface area contributed by atoms with Crippen LogP contribution in [0.25, 0.3) is 0 Å². The largest absolute Gasteiger partial charge is 0.497 e. The van der Waals surface area contributed by atoms with Gasteiger partial charge in [0, 0.05) is 0 Å². The van der Waals surface area contributed by atoms with Crippen LogP contribution in [0, 0.1) is 5.92 Å². The number of carboxylic acids is 1. The summed E-state index contributed by atoms with van der Waals surface area (Å²) in [6.07, 6.45) is -0.0481. The fourth-order valence-electron chi connectivity index (χ4n) is 4.05. The monoisotopic (exact) mass is 557 g/mol. The number of benzene rings is 2. The summed E-state index contributed by atoms with van der Waals surface area (Å²) < 4.78 is 17.8. The van der Waals surface area contributed by atoms with Gasteiger partial charge in [-0.25, -0.2) is 4.79 Å². The number of nitrogens with one attached hydrogen (secondary N) is 1. The molecule has 0 aliphatic heterocycles. The molecule has 2 aromatic rings. The van der Waals surface area contributed by atoms with Gasteiger partial charge in [0.15, 0.2) is 8.32 Å². The third-order valence-electron chi connectivity index (χ3n) is 7.21. The Morgan fingerprint density at radius 1 is 0.897 bits per heavy atom. The lowest BCUT2D eigenvalue weighted by atomic mass is 9.89. The number of rotatable bonds is 12. The summed E-state index contributed by atoms with van der Waals surface area (Å²) in [7, 11) is -0.744. The number of ether oxygens (including phenoxy) is 2. The van der Waals surface area contributed by atoms with Gasteiger partial charge in [-0.05, 0) is 81.4 Å². The minimum absolute atomic E-state index is 0.111. The van der Waals surface area contributed by atoms with E-state index in [-0.39, 0.29) is 11.5 Å². The third-order valence-corrected chi connectivity index (χ3v) is 11.7. The van der Waals surface area contributed by atoms with Crippen molar-refractivity contribution in [2.24, 2.45) is 5.92 Å². The summed E-state index contributed by atoms with van der Waals surface area (Å²) in [5, 5.41) is 13.2. The summed E-state index contributed by atoms with van der Waals surface area (Å²) >= 11 is 0. The second-order valence-electron chi connectivity index (χ2n) is 12.7. The van der Waals surface area contributed by atoms with Crippen LogP contribution >= 0.6 is 0 Å². The van der Waals surface area contributed by atoms with E-state index in [1.807, 2.05) is 75.4 Å². The van der Waals surface area contributed by atoms with E-state index < -0.39 is 44.0 Å². The van der Waals surface area contributed by atoms with E-state index in [1.54, 1.807) is 7.11 Å². The van der Waals surface area contributed by atoms with E-state index in [9.17, 15) is 14.7 Å². The molecule has 2 N–H and O–H groups in total. The number of alkyl carbamates (subject to hydrolysis) is 1. The van der Waals surface area contributed by atoms with Crippen molar-refractivity contribution in [1.29, 1.82) is 0 Å². The first-order chi connectivity index (χ1) is 18.0. The summed E-state index contributed by atoms with van der Waals surface area (Å²) in [6.45, 7) is 16.2. The van der Waals surface area contributed by atoms with Crippen molar-refractivity contribution in [3.8, 4) is 5.75 Å². The average molecular weight is 558 g/mol. The normalized spacial score (nSPS) is 14.7. The first kappa shape index (κ1) is 32.4. The molecule has 0 unspecified atom stereocenters. The predicted octanol–water partition coefficient (Wildman–Crippen LogP) is 6.86. The highest BCUT2D eigenvalue weighted by Crippen LogP contribution is 2.39. The zero-order valence-corrected chi connectivity index (χ0v) is 26.0. The van der Waals surface area contributed by atoms with Crippen molar-refractivity contribution in [1.82, 2.24) is 5.32 Å². The number of carbonyl (C=O) groups excluding carboxylic acids is 1. The number of amides is 1. The molecule has 0 bridgehead atoms. The Labute approximate surface area is 235 Å². The molecule has 2 rings (SSSR count). The Morgan fingerprint density at radius 3 is 1.95 bits per heavy atom. The second-order valence-corrected chi connectivity index (χ2v) is 17.4. The maximum Gasteiger partial charge on any atom is 0.407 e. The number of aliphatic carboxylic acids is 1. The molecule has 0 radical (unpaired) electrons. The molecule has 2 aromatic carbocycles. The van der Waals surface area contributed by atoms with Crippen molar-refractivity contribution in [2.45, 2.75) is 96.7 Å². The van der Waals surface area contributed by atoms with Crippen molar-refractivity contribution in [2.75, 3.05) is 7.11 Å². The maximum atomic E-state index is 13.0. The highest BCUT2D eigenvalue weighted by Gasteiger charge is 2.42. The molecule has 0 saturated carbocycles. The Bertz CT molecular complexity index is 1060. The first-order valence-corrected chi connectivity index (χ1v) is 16.5. The molecule has 8 heteroatoms. The van der Waals surface area contributed by atoms with E-state index in [4.69, 9.17) is 13.9 Å². The number of methoxy groups -OCH3 is 1. The lowest BCUT2D eigenvalue weighted by Crippen LogP contribution is -2.54. The highest BCUT2D eigenvalue weighted by molar-refractivity contribution is 6.74.